The van der Waals surface area contributed by atoms with Gasteiger partial charge in [-0.2, -0.15) is 0 Å². The summed E-state index contributed by atoms with van der Waals surface area (Å²) in [4.78, 5) is 0. The van der Waals surface area contributed by atoms with Crippen LogP contribution in [0.4, 0.5) is 0 Å². The van der Waals surface area contributed by atoms with Gasteiger partial charge in [0, 0.05) is 0 Å². The normalized spacial score (nSPS) is 10.9. The number of fused-ring (bicyclic) bond motifs is 3. The fourth-order valence-corrected chi connectivity index (χ4v) is 4.47. The monoisotopic (exact) mass is 258 g/mol. The van der Waals surface area contributed by atoms with Crippen molar-refractivity contribution in [3.8, 4) is 0 Å². The molecule has 3 rings (SSSR count). The molecule has 0 fully saturated rings. The molecule has 0 nitrogen and oxygen atoms in total. The van der Waals surface area contributed by atoms with Crippen molar-refractivity contribution in [3.05, 3.63) is 54.6 Å². The Kier molecular flexibility index (Phi) is 2.02. The first-order valence-corrected chi connectivity index (χ1v) is 6.64. The summed E-state index contributed by atoms with van der Waals surface area (Å²) in [6.45, 7) is 3.88. The van der Waals surface area contributed by atoms with Gasteiger partial charge in [-0.05, 0) is 0 Å². The van der Waals surface area contributed by atoms with Crippen molar-refractivity contribution < 1.29 is 0 Å². The molecule has 1 aromatic heterocycles. The van der Waals surface area contributed by atoms with Gasteiger partial charge in [-0.3, -0.25) is 0 Å². The zero-order valence-electron chi connectivity index (χ0n) is 8.23. The topological polar surface area (TPSA) is 0 Å². The van der Waals surface area contributed by atoms with E-state index in [0.29, 0.717) is 14.5 Å². The molecule has 72 valence electrons. The first kappa shape index (κ1) is 8.96. The van der Waals surface area contributed by atoms with Crippen LogP contribution in [0.15, 0.2) is 49.0 Å². The van der Waals surface area contributed by atoms with Gasteiger partial charge in [-0.25, -0.2) is 0 Å². The molecule has 2 aromatic carbocycles. The van der Waals surface area contributed by atoms with E-state index in [1.807, 2.05) is 6.08 Å². The zero-order valence-corrected chi connectivity index (χ0v) is 9.95. The molecule has 0 amide bonds. The van der Waals surface area contributed by atoms with Gasteiger partial charge in [0.1, 0.15) is 0 Å². The van der Waals surface area contributed by atoms with E-state index in [4.69, 9.17) is 0 Å². The molecule has 1 heteroatoms. The second-order valence-corrected chi connectivity index (χ2v) is 5.73. The Morgan fingerprint density at radius 3 is 2.60 bits per heavy atom. The minimum absolute atomic E-state index is 0.455. The van der Waals surface area contributed by atoms with Crippen LogP contribution in [-0.4, -0.2) is 14.5 Å². The van der Waals surface area contributed by atoms with E-state index in [0.717, 1.165) is 0 Å². The summed E-state index contributed by atoms with van der Waals surface area (Å²) >= 11 is 0.455. The van der Waals surface area contributed by atoms with Gasteiger partial charge in [0.15, 0.2) is 0 Å². The average molecular weight is 257 g/mol. The van der Waals surface area contributed by atoms with Crippen molar-refractivity contribution in [2.24, 2.45) is 0 Å². The van der Waals surface area contributed by atoms with Crippen molar-refractivity contribution in [1.29, 1.82) is 0 Å². The van der Waals surface area contributed by atoms with Crippen molar-refractivity contribution in [3.63, 3.8) is 0 Å². The number of rotatable bonds is 1. The Labute approximate surface area is 94.6 Å². The summed E-state index contributed by atoms with van der Waals surface area (Å²) in [5.41, 5.74) is 1.30. The van der Waals surface area contributed by atoms with Crippen LogP contribution in [0.2, 0.25) is 0 Å². The fourth-order valence-electron chi connectivity index (χ4n) is 1.93. The molecule has 0 unspecified atom stereocenters. The van der Waals surface area contributed by atoms with Gasteiger partial charge < -0.3 is 0 Å². The molecule has 15 heavy (non-hydrogen) atoms. The van der Waals surface area contributed by atoms with Crippen LogP contribution in [0, 0.1) is 0 Å². The van der Waals surface area contributed by atoms with Gasteiger partial charge in [0.2, 0.25) is 0 Å². The molecule has 1 heterocycles. The summed E-state index contributed by atoms with van der Waals surface area (Å²) in [6, 6.07) is 15.2. The van der Waals surface area contributed by atoms with Crippen LogP contribution in [0.1, 0.15) is 5.56 Å². The SMILES string of the molecule is C=Cc1cccc2c1[se]c1ccccc12. The first-order valence-electron chi connectivity index (χ1n) is 4.93. The molecule has 0 aliphatic carbocycles. The predicted molar refractivity (Wildman–Crippen MR) is 68.5 cm³/mol. The second kappa shape index (κ2) is 3.37. The Hall–Kier alpha value is -1.30. The number of hydrogen-bond donors (Lipinski definition) is 0. The Morgan fingerprint density at radius 1 is 0.933 bits per heavy atom. The van der Waals surface area contributed by atoms with Crippen molar-refractivity contribution in [1.82, 2.24) is 0 Å². The Bertz CT molecular complexity index is 647. The summed E-state index contributed by atoms with van der Waals surface area (Å²) in [7, 11) is 0. The van der Waals surface area contributed by atoms with Crippen LogP contribution in [0.25, 0.3) is 25.4 Å². The maximum absolute atomic E-state index is 3.88. The minimum atomic E-state index is 0.455. The predicted octanol–water partition coefficient (Wildman–Crippen LogP) is 3.69. The van der Waals surface area contributed by atoms with Gasteiger partial charge >= 0.3 is 94.5 Å². The van der Waals surface area contributed by atoms with Crippen LogP contribution < -0.4 is 0 Å². The van der Waals surface area contributed by atoms with Crippen LogP contribution in [0.3, 0.4) is 0 Å². The summed E-state index contributed by atoms with van der Waals surface area (Å²) < 4.78 is 2.98. The first-order chi connectivity index (χ1) is 7.40. The second-order valence-electron chi connectivity index (χ2n) is 3.53. The van der Waals surface area contributed by atoms with E-state index in [1.54, 1.807) is 0 Å². The number of benzene rings is 2. The third kappa shape index (κ3) is 1.28. The van der Waals surface area contributed by atoms with Gasteiger partial charge in [0.25, 0.3) is 0 Å². The summed E-state index contributed by atoms with van der Waals surface area (Å²) in [5.74, 6) is 0. The van der Waals surface area contributed by atoms with Crippen LogP contribution in [0.5, 0.6) is 0 Å². The maximum atomic E-state index is 3.88. The van der Waals surface area contributed by atoms with Gasteiger partial charge in [0.05, 0.1) is 0 Å². The molecule has 0 aliphatic heterocycles. The molecule has 0 N–H and O–H groups in total. The van der Waals surface area contributed by atoms with E-state index in [9.17, 15) is 0 Å². The fraction of sp³-hybridized carbons (Fsp3) is 0. The molecular formula is C14H10Se. The third-order valence-electron chi connectivity index (χ3n) is 2.65. The standard InChI is InChI=1S/C14H10Se/c1-2-10-6-5-8-12-11-7-3-4-9-13(11)15-14(10)12/h2-9H,1H2. The van der Waals surface area contributed by atoms with Crippen LogP contribution >= 0.6 is 0 Å². The molecule has 0 bridgehead atoms. The third-order valence-corrected chi connectivity index (χ3v) is 5.25. The Balaban J connectivity index is 2.59. The molecule has 0 saturated heterocycles. The van der Waals surface area contributed by atoms with Gasteiger partial charge in [-0.15, -0.1) is 0 Å². The molecule has 0 aliphatic rings. The van der Waals surface area contributed by atoms with Crippen molar-refractivity contribution in [2.45, 2.75) is 0 Å². The van der Waals surface area contributed by atoms with E-state index in [-0.39, 0.29) is 0 Å². The molecule has 3 aromatic rings. The zero-order chi connectivity index (χ0) is 10.3. The van der Waals surface area contributed by atoms with E-state index >= 15 is 0 Å². The van der Waals surface area contributed by atoms with E-state index < -0.39 is 0 Å². The molecule has 0 atom stereocenters. The summed E-state index contributed by atoms with van der Waals surface area (Å²) in [5, 5.41) is 2.82. The van der Waals surface area contributed by atoms with Crippen molar-refractivity contribution >= 4 is 39.9 Å². The van der Waals surface area contributed by atoms with Crippen molar-refractivity contribution in [2.75, 3.05) is 0 Å². The summed E-state index contributed by atoms with van der Waals surface area (Å²) in [6.07, 6.45) is 1.96. The van der Waals surface area contributed by atoms with E-state index in [1.165, 1.54) is 24.9 Å². The van der Waals surface area contributed by atoms with Gasteiger partial charge in [-0.1, -0.05) is 0 Å². The molecule has 0 spiro atoms. The average Bonchev–Trinajstić information content (AvgIpc) is 2.67. The molecular weight excluding hydrogens is 247 g/mol. The molecule has 0 radical (unpaired) electrons. The Morgan fingerprint density at radius 2 is 1.73 bits per heavy atom. The number of hydrogen-bond acceptors (Lipinski definition) is 0. The quantitative estimate of drug-likeness (QED) is 0.583. The van der Waals surface area contributed by atoms with Crippen LogP contribution in [-0.2, 0) is 0 Å². The molecule has 0 saturated carbocycles. The van der Waals surface area contributed by atoms with E-state index in [2.05, 4.69) is 49.0 Å².